The average molecular weight is 277 g/mol. The molecule has 2 aromatic rings. The fourth-order valence-electron chi connectivity index (χ4n) is 2.23. The number of nitrogens with two attached hydrogens (primary N) is 1. The van der Waals surface area contributed by atoms with E-state index in [9.17, 15) is 4.39 Å². The molecule has 1 aromatic heterocycles. The van der Waals surface area contributed by atoms with Gasteiger partial charge in [0.2, 0.25) is 0 Å². The average Bonchev–Trinajstić information content (AvgIpc) is 2.87. The maximum atomic E-state index is 14.0. The van der Waals surface area contributed by atoms with Crippen molar-refractivity contribution in [1.82, 2.24) is 20.2 Å². The predicted octanol–water partition coefficient (Wildman–Crippen LogP) is 3.06. The first kappa shape index (κ1) is 14.4. The Morgan fingerprint density at radius 3 is 2.75 bits per heavy atom. The minimum absolute atomic E-state index is 0.118. The minimum atomic E-state index is -0.406. The van der Waals surface area contributed by atoms with Crippen LogP contribution in [0, 0.1) is 11.7 Å². The van der Waals surface area contributed by atoms with Crippen molar-refractivity contribution in [1.29, 1.82) is 0 Å². The second-order valence-corrected chi connectivity index (χ2v) is 5.28. The molecule has 1 heterocycles. The molecule has 0 bridgehead atoms. The smallest absolute Gasteiger partial charge is 0.185 e. The maximum Gasteiger partial charge on any atom is 0.185 e. The molecule has 0 saturated heterocycles. The van der Waals surface area contributed by atoms with Gasteiger partial charge in [-0.05, 0) is 47.9 Å². The number of benzene rings is 1. The van der Waals surface area contributed by atoms with Crippen LogP contribution in [0.25, 0.3) is 11.4 Å². The quantitative estimate of drug-likeness (QED) is 0.853. The van der Waals surface area contributed by atoms with Crippen LogP contribution in [0.4, 0.5) is 10.1 Å². The van der Waals surface area contributed by atoms with E-state index in [-0.39, 0.29) is 6.04 Å². The maximum absolute atomic E-state index is 14.0. The molecule has 0 saturated carbocycles. The van der Waals surface area contributed by atoms with Crippen LogP contribution in [0.5, 0.6) is 0 Å². The predicted molar refractivity (Wildman–Crippen MR) is 76.4 cm³/mol. The highest BCUT2D eigenvalue weighted by Gasteiger charge is 2.18. The van der Waals surface area contributed by atoms with Gasteiger partial charge in [-0.2, -0.15) is 0 Å². The van der Waals surface area contributed by atoms with Crippen molar-refractivity contribution < 1.29 is 4.39 Å². The topological polar surface area (TPSA) is 69.6 Å². The van der Waals surface area contributed by atoms with E-state index >= 15 is 0 Å². The summed E-state index contributed by atoms with van der Waals surface area (Å²) in [6, 6.07) is 4.67. The monoisotopic (exact) mass is 277 g/mol. The lowest BCUT2D eigenvalue weighted by Gasteiger charge is -2.17. The molecule has 0 spiro atoms. The lowest BCUT2D eigenvalue weighted by Crippen LogP contribution is -2.12. The number of rotatable bonds is 5. The molecule has 2 unspecified atom stereocenters. The number of hydrogen-bond acceptors (Lipinski definition) is 4. The Balaban J connectivity index is 2.32. The zero-order valence-electron chi connectivity index (χ0n) is 12.0. The van der Waals surface area contributed by atoms with Crippen LogP contribution in [0.3, 0.4) is 0 Å². The van der Waals surface area contributed by atoms with E-state index in [0.717, 1.165) is 12.8 Å². The lowest BCUT2D eigenvalue weighted by atomic mass is 10.0. The van der Waals surface area contributed by atoms with Crippen molar-refractivity contribution in [3.63, 3.8) is 0 Å². The van der Waals surface area contributed by atoms with Crippen LogP contribution in [0.1, 0.15) is 39.7 Å². The molecular formula is C14H20FN5. The Hall–Kier alpha value is -1.98. The van der Waals surface area contributed by atoms with Crippen molar-refractivity contribution in [3.8, 4) is 11.4 Å². The summed E-state index contributed by atoms with van der Waals surface area (Å²) in [4.78, 5) is 0. The van der Waals surface area contributed by atoms with E-state index in [1.807, 2.05) is 6.92 Å². The molecule has 2 rings (SSSR count). The Morgan fingerprint density at radius 2 is 2.10 bits per heavy atom. The Labute approximate surface area is 118 Å². The number of anilines is 1. The Kier molecular flexibility index (Phi) is 4.32. The summed E-state index contributed by atoms with van der Waals surface area (Å²) in [5.41, 5.74) is 6.33. The van der Waals surface area contributed by atoms with Crippen LogP contribution in [0.15, 0.2) is 18.2 Å². The highest BCUT2D eigenvalue weighted by atomic mass is 19.1. The standard InChI is InChI=1S/C14H20FN5/c1-4-9(2)7-10(3)20-14(17-18-19-20)12-6-5-11(16)8-13(12)15/h5-6,8-10H,4,7,16H2,1-3H3. The summed E-state index contributed by atoms with van der Waals surface area (Å²) in [6.45, 7) is 6.38. The van der Waals surface area contributed by atoms with Gasteiger partial charge in [-0.3, -0.25) is 0 Å². The molecule has 0 fully saturated rings. The first-order valence-corrected chi connectivity index (χ1v) is 6.86. The zero-order valence-corrected chi connectivity index (χ0v) is 12.0. The first-order chi connectivity index (χ1) is 9.52. The van der Waals surface area contributed by atoms with Crippen LogP contribution < -0.4 is 5.73 Å². The van der Waals surface area contributed by atoms with Gasteiger partial charge in [-0.15, -0.1) is 5.10 Å². The molecule has 0 radical (unpaired) electrons. The van der Waals surface area contributed by atoms with E-state index in [2.05, 4.69) is 29.4 Å². The van der Waals surface area contributed by atoms with Crippen LogP contribution >= 0.6 is 0 Å². The molecule has 0 amide bonds. The van der Waals surface area contributed by atoms with E-state index in [0.29, 0.717) is 23.0 Å². The summed E-state index contributed by atoms with van der Waals surface area (Å²) in [5, 5.41) is 11.6. The number of tetrazole rings is 1. The number of aromatic nitrogens is 4. The molecule has 5 nitrogen and oxygen atoms in total. The molecule has 6 heteroatoms. The second-order valence-electron chi connectivity index (χ2n) is 5.28. The zero-order chi connectivity index (χ0) is 14.7. The highest BCUT2D eigenvalue weighted by Crippen LogP contribution is 2.26. The van der Waals surface area contributed by atoms with Gasteiger partial charge in [0.05, 0.1) is 11.6 Å². The van der Waals surface area contributed by atoms with Gasteiger partial charge < -0.3 is 5.73 Å². The summed E-state index contributed by atoms with van der Waals surface area (Å²) in [5.74, 6) is 0.605. The van der Waals surface area contributed by atoms with E-state index in [4.69, 9.17) is 5.73 Å². The third-order valence-electron chi connectivity index (χ3n) is 3.58. The third-order valence-corrected chi connectivity index (χ3v) is 3.58. The minimum Gasteiger partial charge on any atom is -0.399 e. The molecule has 0 aliphatic rings. The van der Waals surface area contributed by atoms with Crippen molar-refractivity contribution in [2.45, 2.75) is 39.7 Å². The second kappa shape index (κ2) is 5.98. The van der Waals surface area contributed by atoms with Gasteiger partial charge >= 0.3 is 0 Å². The van der Waals surface area contributed by atoms with Gasteiger partial charge in [0.1, 0.15) is 5.82 Å². The molecule has 0 aliphatic heterocycles. The van der Waals surface area contributed by atoms with Gasteiger partial charge in [0, 0.05) is 5.69 Å². The van der Waals surface area contributed by atoms with E-state index in [1.165, 1.54) is 6.07 Å². The van der Waals surface area contributed by atoms with Crippen molar-refractivity contribution in [2.24, 2.45) is 5.92 Å². The molecule has 108 valence electrons. The molecule has 2 atom stereocenters. The molecule has 20 heavy (non-hydrogen) atoms. The lowest BCUT2D eigenvalue weighted by molar-refractivity contribution is 0.371. The van der Waals surface area contributed by atoms with E-state index < -0.39 is 5.82 Å². The van der Waals surface area contributed by atoms with Crippen molar-refractivity contribution in [2.75, 3.05) is 5.73 Å². The van der Waals surface area contributed by atoms with Crippen LogP contribution in [0.2, 0.25) is 0 Å². The number of nitrogens with zero attached hydrogens (tertiary/aromatic N) is 4. The Bertz CT molecular complexity index is 581. The summed E-state index contributed by atoms with van der Waals surface area (Å²) in [6.07, 6.45) is 2.04. The van der Waals surface area contributed by atoms with Crippen molar-refractivity contribution in [3.05, 3.63) is 24.0 Å². The fraction of sp³-hybridized carbons (Fsp3) is 0.500. The fourth-order valence-corrected chi connectivity index (χ4v) is 2.23. The first-order valence-electron chi connectivity index (χ1n) is 6.86. The molecule has 1 aromatic carbocycles. The highest BCUT2D eigenvalue weighted by molar-refractivity contribution is 5.59. The van der Waals surface area contributed by atoms with Gasteiger partial charge in [-0.25, -0.2) is 9.07 Å². The van der Waals surface area contributed by atoms with Gasteiger partial charge in [0.15, 0.2) is 5.82 Å². The normalized spacial score (nSPS) is 14.2. The SMILES string of the molecule is CCC(C)CC(C)n1nnnc1-c1ccc(N)cc1F. The number of nitrogen functional groups attached to an aromatic ring is 1. The summed E-state index contributed by atoms with van der Waals surface area (Å²) in [7, 11) is 0. The van der Waals surface area contributed by atoms with E-state index in [1.54, 1.807) is 16.8 Å². The van der Waals surface area contributed by atoms with Gasteiger partial charge in [0.25, 0.3) is 0 Å². The summed E-state index contributed by atoms with van der Waals surface area (Å²) < 4.78 is 15.7. The van der Waals surface area contributed by atoms with Gasteiger partial charge in [-0.1, -0.05) is 20.3 Å². The third kappa shape index (κ3) is 2.95. The van der Waals surface area contributed by atoms with Crippen molar-refractivity contribution >= 4 is 5.69 Å². The summed E-state index contributed by atoms with van der Waals surface area (Å²) >= 11 is 0. The molecule has 2 N–H and O–H groups in total. The largest absolute Gasteiger partial charge is 0.399 e. The molecule has 0 aliphatic carbocycles. The molecular weight excluding hydrogens is 257 g/mol. The number of halogens is 1. The number of hydrogen-bond donors (Lipinski definition) is 1. The van der Waals surface area contributed by atoms with Crippen LogP contribution in [-0.2, 0) is 0 Å². The van der Waals surface area contributed by atoms with Crippen LogP contribution in [-0.4, -0.2) is 20.2 Å². The Morgan fingerprint density at radius 1 is 1.35 bits per heavy atom.